The summed E-state index contributed by atoms with van der Waals surface area (Å²) >= 11 is 6.25. The van der Waals surface area contributed by atoms with Crippen molar-refractivity contribution in [2.24, 2.45) is 0 Å². The van der Waals surface area contributed by atoms with Gasteiger partial charge in [0.25, 0.3) is 0 Å². The monoisotopic (exact) mass is 286 g/mol. The van der Waals surface area contributed by atoms with Gasteiger partial charge in [0, 0.05) is 23.3 Å². The molecule has 1 atom stereocenters. The second kappa shape index (κ2) is 5.94. The number of hydrogen-bond acceptors (Lipinski definition) is 2. The molecule has 1 fully saturated rings. The molecule has 104 valence electrons. The minimum Gasteiger partial charge on any atom is -0.306 e. The third kappa shape index (κ3) is 2.87. The van der Waals surface area contributed by atoms with Crippen LogP contribution in [-0.4, -0.2) is 11.0 Å². The van der Waals surface area contributed by atoms with Crippen LogP contribution < -0.4 is 5.32 Å². The summed E-state index contributed by atoms with van der Waals surface area (Å²) in [4.78, 5) is 4.40. The fourth-order valence-electron chi connectivity index (χ4n) is 2.89. The van der Waals surface area contributed by atoms with Gasteiger partial charge in [-0.25, -0.2) is 0 Å². The molecule has 2 aromatic rings. The van der Waals surface area contributed by atoms with E-state index in [0.29, 0.717) is 18.0 Å². The Morgan fingerprint density at radius 2 is 1.90 bits per heavy atom. The van der Waals surface area contributed by atoms with Crippen molar-refractivity contribution in [3.05, 3.63) is 64.9 Å². The van der Waals surface area contributed by atoms with Gasteiger partial charge in [0.15, 0.2) is 0 Å². The highest BCUT2D eigenvalue weighted by atomic mass is 35.5. The van der Waals surface area contributed by atoms with Crippen LogP contribution >= 0.6 is 11.6 Å². The SMILES string of the molecule is C[C@H](NC1CC(c2ccccc2Cl)C1)c1ccccn1. The van der Waals surface area contributed by atoms with Crippen LogP contribution in [0.15, 0.2) is 48.7 Å². The molecule has 0 bridgehead atoms. The van der Waals surface area contributed by atoms with Crippen molar-refractivity contribution in [3.63, 3.8) is 0 Å². The van der Waals surface area contributed by atoms with Crippen molar-refractivity contribution < 1.29 is 0 Å². The Kier molecular flexibility index (Phi) is 4.04. The van der Waals surface area contributed by atoms with E-state index in [-0.39, 0.29) is 0 Å². The van der Waals surface area contributed by atoms with E-state index in [0.717, 1.165) is 23.6 Å². The molecule has 1 aromatic carbocycles. The predicted molar refractivity (Wildman–Crippen MR) is 83.0 cm³/mol. The third-order valence-electron chi connectivity index (χ3n) is 4.10. The zero-order valence-electron chi connectivity index (χ0n) is 11.6. The van der Waals surface area contributed by atoms with Crippen molar-refractivity contribution in [2.75, 3.05) is 0 Å². The van der Waals surface area contributed by atoms with Gasteiger partial charge in [-0.1, -0.05) is 35.9 Å². The fourth-order valence-corrected chi connectivity index (χ4v) is 3.18. The Bertz CT molecular complexity index is 564. The summed E-state index contributed by atoms with van der Waals surface area (Å²) in [6.07, 6.45) is 4.16. The number of benzene rings is 1. The van der Waals surface area contributed by atoms with E-state index < -0.39 is 0 Å². The number of halogens is 1. The van der Waals surface area contributed by atoms with E-state index in [1.807, 2.05) is 30.5 Å². The molecular weight excluding hydrogens is 268 g/mol. The highest BCUT2D eigenvalue weighted by Crippen LogP contribution is 2.40. The molecule has 0 spiro atoms. The zero-order chi connectivity index (χ0) is 13.9. The number of pyridine rings is 1. The van der Waals surface area contributed by atoms with Crippen LogP contribution in [0, 0.1) is 0 Å². The fraction of sp³-hybridized carbons (Fsp3) is 0.353. The van der Waals surface area contributed by atoms with E-state index in [1.54, 1.807) is 0 Å². The molecule has 0 radical (unpaired) electrons. The molecule has 0 saturated heterocycles. The first-order chi connectivity index (χ1) is 9.74. The standard InChI is InChI=1S/C17H19ClN2/c1-12(17-8-4-5-9-19-17)20-14-10-13(11-14)15-6-2-3-7-16(15)18/h2-9,12-14,20H,10-11H2,1H3/t12-,13?,14?/m0/s1. The molecule has 3 heteroatoms. The van der Waals surface area contributed by atoms with Crippen LogP contribution in [0.4, 0.5) is 0 Å². The molecule has 0 unspecified atom stereocenters. The van der Waals surface area contributed by atoms with E-state index in [2.05, 4.69) is 35.4 Å². The van der Waals surface area contributed by atoms with Crippen LogP contribution in [-0.2, 0) is 0 Å². The number of rotatable bonds is 4. The molecule has 1 aliphatic rings. The minimum absolute atomic E-state index is 0.299. The van der Waals surface area contributed by atoms with Crippen molar-refractivity contribution in [1.29, 1.82) is 0 Å². The van der Waals surface area contributed by atoms with Crippen LogP contribution in [0.25, 0.3) is 0 Å². The van der Waals surface area contributed by atoms with Crippen LogP contribution in [0.2, 0.25) is 5.02 Å². The molecule has 0 amide bonds. The van der Waals surface area contributed by atoms with Crippen molar-refractivity contribution in [2.45, 2.75) is 37.8 Å². The van der Waals surface area contributed by atoms with Gasteiger partial charge in [-0.2, -0.15) is 0 Å². The van der Waals surface area contributed by atoms with E-state index in [4.69, 9.17) is 11.6 Å². The maximum absolute atomic E-state index is 6.25. The predicted octanol–water partition coefficient (Wildman–Crippen LogP) is 4.33. The third-order valence-corrected chi connectivity index (χ3v) is 4.44. The molecule has 2 nitrogen and oxygen atoms in total. The zero-order valence-corrected chi connectivity index (χ0v) is 12.3. The number of nitrogens with one attached hydrogen (secondary N) is 1. The Morgan fingerprint density at radius 3 is 2.60 bits per heavy atom. The molecular formula is C17H19ClN2. The molecule has 20 heavy (non-hydrogen) atoms. The van der Waals surface area contributed by atoms with Crippen molar-refractivity contribution in [1.82, 2.24) is 10.3 Å². The highest BCUT2D eigenvalue weighted by Gasteiger charge is 2.32. The number of nitrogens with zero attached hydrogens (tertiary/aromatic N) is 1. The van der Waals surface area contributed by atoms with Crippen LogP contribution in [0.5, 0.6) is 0 Å². The van der Waals surface area contributed by atoms with Crippen LogP contribution in [0.3, 0.4) is 0 Å². The Morgan fingerprint density at radius 1 is 1.15 bits per heavy atom. The lowest BCUT2D eigenvalue weighted by atomic mass is 9.75. The summed E-state index contributed by atoms with van der Waals surface area (Å²) in [6, 6.07) is 15.1. The van der Waals surface area contributed by atoms with E-state index in [1.165, 1.54) is 5.56 Å². The lowest BCUT2D eigenvalue weighted by molar-refractivity contribution is 0.269. The number of aromatic nitrogens is 1. The largest absolute Gasteiger partial charge is 0.306 e. The van der Waals surface area contributed by atoms with Gasteiger partial charge < -0.3 is 5.32 Å². The number of hydrogen-bond donors (Lipinski definition) is 1. The quantitative estimate of drug-likeness (QED) is 0.905. The summed E-state index contributed by atoms with van der Waals surface area (Å²) < 4.78 is 0. The first-order valence-corrected chi connectivity index (χ1v) is 7.53. The highest BCUT2D eigenvalue weighted by molar-refractivity contribution is 6.31. The second-order valence-corrected chi connectivity index (χ2v) is 5.94. The average molecular weight is 287 g/mol. The van der Waals surface area contributed by atoms with Gasteiger partial charge in [-0.05, 0) is 49.4 Å². The van der Waals surface area contributed by atoms with Gasteiger partial charge in [0.1, 0.15) is 0 Å². The Labute approximate surface area is 125 Å². The van der Waals surface area contributed by atoms with Crippen molar-refractivity contribution in [3.8, 4) is 0 Å². The summed E-state index contributed by atoms with van der Waals surface area (Å²) in [7, 11) is 0. The molecule has 1 heterocycles. The topological polar surface area (TPSA) is 24.9 Å². The summed E-state index contributed by atoms with van der Waals surface area (Å²) in [5.41, 5.74) is 2.39. The lowest BCUT2D eigenvalue weighted by Gasteiger charge is -2.38. The average Bonchev–Trinajstić information content (AvgIpc) is 2.44. The van der Waals surface area contributed by atoms with E-state index in [9.17, 15) is 0 Å². The smallest absolute Gasteiger partial charge is 0.0570 e. The summed E-state index contributed by atoms with van der Waals surface area (Å²) in [5, 5.41) is 4.54. The molecule has 1 aliphatic carbocycles. The molecule has 1 N–H and O–H groups in total. The van der Waals surface area contributed by atoms with Crippen molar-refractivity contribution >= 4 is 11.6 Å². The van der Waals surface area contributed by atoms with Gasteiger partial charge in [-0.3, -0.25) is 4.98 Å². The molecule has 0 aliphatic heterocycles. The summed E-state index contributed by atoms with van der Waals surface area (Å²) in [6.45, 7) is 2.17. The maximum Gasteiger partial charge on any atom is 0.0570 e. The molecule has 3 rings (SSSR count). The van der Waals surface area contributed by atoms with Gasteiger partial charge in [0.2, 0.25) is 0 Å². The first kappa shape index (κ1) is 13.6. The first-order valence-electron chi connectivity index (χ1n) is 7.15. The van der Waals surface area contributed by atoms with Crippen LogP contribution in [0.1, 0.15) is 43.0 Å². The minimum atomic E-state index is 0.299. The summed E-state index contributed by atoms with van der Waals surface area (Å²) in [5.74, 6) is 0.595. The van der Waals surface area contributed by atoms with E-state index >= 15 is 0 Å². The van der Waals surface area contributed by atoms with Gasteiger partial charge in [0.05, 0.1) is 5.69 Å². The molecule has 1 aromatic heterocycles. The van der Waals surface area contributed by atoms with Gasteiger partial charge >= 0.3 is 0 Å². The lowest BCUT2D eigenvalue weighted by Crippen LogP contribution is -2.41. The van der Waals surface area contributed by atoms with Gasteiger partial charge in [-0.15, -0.1) is 0 Å². The molecule has 1 saturated carbocycles. The second-order valence-electron chi connectivity index (χ2n) is 5.53. The normalized spacial score (nSPS) is 23.1. The maximum atomic E-state index is 6.25. The Hall–Kier alpha value is -1.38. The Balaban J connectivity index is 1.55.